The van der Waals surface area contributed by atoms with Gasteiger partial charge in [-0.25, -0.2) is 0 Å². The SMILES string of the molecule is Cc1cc(C)cc(N=Cc2ccc(O)cc2O)c1. The highest BCUT2D eigenvalue weighted by molar-refractivity contribution is 5.85. The Morgan fingerprint density at radius 3 is 2.22 bits per heavy atom. The quantitative estimate of drug-likeness (QED) is 0.791. The molecule has 3 nitrogen and oxygen atoms in total. The summed E-state index contributed by atoms with van der Waals surface area (Å²) in [5.41, 5.74) is 3.72. The fourth-order valence-corrected chi connectivity index (χ4v) is 1.81. The summed E-state index contributed by atoms with van der Waals surface area (Å²) in [4.78, 5) is 4.32. The average Bonchev–Trinajstić information content (AvgIpc) is 2.26. The van der Waals surface area contributed by atoms with E-state index >= 15 is 0 Å². The lowest BCUT2D eigenvalue weighted by molar-refractivity contribution is 0.450. The smallest absolute Gasteiger partial charge is 0.128 e. The Bertz CT molecular complexity index is 583. The molecule has 3 heteroatoms. The van der Waals surface area contributed by atoms with Crippen molar-refractivity contribution in [3.05, 3.63) is 53.1 Å². The van der Waals surface area contributed by atoms with Crippen molar-refractivity contribution in [2.24, 2.45) is 4.99 Å². The molecule has 0 aromatic heterocycles. The summed E-state index contributed by atoms with van der Waals surface area (Å²) in [5, 5.41) is 18.8. The van der Waals surface area contributed by atoms with Crippen LogP contribution in [0, 0.1) is 13.8 Å². The zero-order valence-corrected chi connectivity index (χ0v) is 10.4. The first-order chi connectivity index (χ1) is 8.54. The van der Waals surface area contributed by atoms with Crippen LogP contribution in [0.15, 0.2) is 41.4 Å². The third kappa shape index (κ3) is 2.88. The van der Waals surface area contributed by atoms with Crippen LogP contribution >= 0.6 is 0 Å². The molecule has 92 valence electrons. The number of aliphatic imine (C=N–C) groups is 1. The molecule has 0 atom stereocenters. The van der Waals surface area contributed by atoms with Crippen molar-refractivity contribution in [2.75, 3.05) is 0 Å². The van der Waals surface area contributed by atoms with Crippen LogP contribution in [-0.2, 0) is 0 Å². The topological polar surface area (TPSA) is 52.8 Å². The van der Waals surface area contributed by atoms with Crippen molar-refractivity contribution in [1.29, 1.82) is 0 Å². The van der Waals surface area contributed by atoms with E-state index in [9.17, 15) is 10.2 Å². The predicted octanol–water partition coefficient (Wildman–Crippen LogP) is 3.47. The average molecular weight is 241 g/mol. The number of hydrogen-bond acceptors (Lipinski definition) is 3. The summed E-state index contributed by atoms with van der Waals surface area (Å²) < 4.78 is 0. The molecule has 0 heterocycles. The minimum atomic E-state index is 0.0168. The van der Waals surface area contributed by atoms with E-state index in [4.69, 9.17) is 0 Å². The maximum Gasteiger partial charge on any atom is 0.128 e. The number of aryl methyl sites for hydroxylation is 2. The van der Waals surface area contributed by atoms with Gasteiger partial charge in [-0.1, -0.05) is 6.07 Å². The Hall–Kier alpha value is -2.29. The lowest BCUT2D eigenvalue weighted by Gasteiger charge is -2.01. The van der Waals surface area contributed by atoms with Gasteiger partial charge in [0.25, 0.3) is 0 Å². The van der Waals surface area contributed by atoms with Gasteiger partial charge in [0.1, 0.15) is 11.5 Å². The van der Waals surface area contributed by atoms with Gasteiger partial charge in [0.2, 0.25) is 0 Å². The van der Waals surface area contributed by atoms with Gasteiger partial charge < -0.3 is 10.2 Å². The van der Waals surface area contributed by atoms with Crippen LogP contribution in [0.3, 0.4) is 0 Å². The molecule has 0 amide bonds. The van der Waals surface area contributed by atoms with Crippen LogP contribution in [-0.4, -0.2) is 16.4 Å². The van der Waals surface area contributed by atoms with Crippen LogP contribution in [0.25, 0.3) is 0 Å². The first kappa shape index (κ1) is 12.2. The van der Waals surface area contributed by atoms with Crippen LogP contribution in [0.4, 0.5) is 5.69 Å². The van der Waals surface area contributed by atoms with E-state index in [-0.39, 0.29) is 11.5 Å². The van der Waals surface area contributed by atoms with Gasteiger partial charge in [0, 0.05) is 17.8 Å². The summed E-state index contributed by atoms with van der Waals surface area (Å²) in [5.74, 6) is 0.0548. The summed E-state index contributed by atoms with van der Waals surface area (Å²) in [6.45, 7) is 4.04. The largest absolute Gasteiger partial charge is 0.508 e. The fraction of sp³-hybridized carbons (Fsp3) is 0.133. The molecule has 0 aliphatic rings. The molecule has 0 bridgehead atoms. The van der Waals surface area contributed by atoms with Gasteiger partial charge in [-0.2, -0.15) is 0 Å². The molecular weight excluding hydrogens is 226 g/mol. The van der Waals surface area contributed by atoms with Gasteiger partial charge in [-0.05, 0) is 49.2 Å². The number of rotatable bonds is 2. The van der Waals surface area contributed by atoms with E-state index in [2.05, 4.69) is 11.1 Å². The highest BCUT2D eigenvalue weighted by Crippen LogP contribution is 2.22. The Kier molecular flexibility index (Phi) is 3.33. The number of nitrogens with zero attached hydrogens (tertiary/aromatic N) is 1. The Labute approximate surface area is 106 Å². The Balaban J connectivity index is 2.29. The standard InChI is InChI=1S/C15H15NO2/c1-10-5-11(2)7-13(6-10)16-9-12-3-4-14(17)8-15(12)18/h3-9,17-18H,1-2H3. The molecule has 2 N–H and O–H groups in total. The summed E-state index contributed by atoms with van der Waals surface area (Å²) >= 11 is 0. The van der Waals surface area contributed by atoms with Crippen LogP contribution < -0.4 is 0 Å². The first-order valence-electron chi connectivity index (χ1n) is 5.69. The van der Waals surface area contributed by atoms with E-state index in [0.717, 1.165) is 16.8 Å². The third-order valence-electron chi connectivity index (χ3n) is 2.57. The summed E-state index contributed by atoms with van der Waals surface area (Å²) in [6, 6.07) is 10.5. The molecule has 0 aliphatic heterocycles. The molecule has 0 aliphatic carbocycles. The fourth-order valence-electron chi connectivity index (χ4n) is 1.81. The lowest BCUT2D eigenvalue weighted by atomic mass is 10.1. The minimum Gasteiger partial charge on any atom is -0.508 e. The molecule has 0 fully saturated rings. The molecule has 18 heavy (non-hydrogen) atoms. The molecule has 2 aromatic carbocycles. The predicted molar refractivity (Wildman–Crippen MR) is 72.9 cm³/mol. The van der Waals surface area contributed by atoms with Crippen molar-refractivity contribution in [3.8, 4) is 11.5 Å². The van der Waals surface area contributed by atoms with Gasteiger partial charge in [0.05, 0.1) is 5.69 Å². The van der Waals surface area contributed by atoms with Crippen LogP contribution in [0.2, 0.25) is 0 Å². The van der Waals surface area contributed by atoms with E-state index in [1.165, 1.54) is 12.1 Å². The Morgan fingerprint density at radius 1 is 0.944 bits per heavy atom. The molecule has 2 aromatic rings. The van der Waals surface area contributed by atoms with Crippen molar-refractivity contribution in [2.45, 2.75) is 13.8 Å². The maximum atomic E-state index is 9.63. The molecule has 2 rings (SSSR count). The van der Waals surface area contributed by atoms with Crippen LogP contribution in [0.1, 0.15) is 16.7 Å². The van der Waals surface area contributed by atoms with Gasteiger partial charge in [-0.15, -0.1) is 0 Å². The van der Waals surface area contributed by atoms with Gasteiger partial charge in [-0.3, -0.25) is 4.99 Å². The van der Waals surface area contributed by atoms with Crippen molar-refractivity contribution in [1.82, 2.24) is 0 Å². The number of hydrogen-bond donors (Lipinski definition) is 2. The van der Waals surface area contributed by atoms with Crippen LogP contribution in [0.5, 0.6) is 11.5 Å². The Morgan fingerprint density at radius 2 is 1.61 bits per heavy atom. The van der Waals surface area contributed by atoms with Gasteiger partial charge >= 0.3 is 0 Å². The molecule has 0 unspecified atom stereocenters. The van der Waals surface area contributed by atoms with Gasteiger partial charge in [0.15, 0.2) is 0 Å². The highest BCUT2D eigenvalue weighted by Gasteiger charge is 1.99. The van der Waals surface area contributed by atoms with Crippen molar-refractivity contribution >= 4 is 11.9 Å². The normalized spacial score (nSPS) is 11.0. The number of phenols is 2. The summed E-state index contributed by atoms with van der Waals surface area (Å²) in [7, 11) is 0. The van der Waals surface area contributed by atoms with E-state index in [1.807, 2.05) is 26.0 Å². The number of benzene rings is 2. The second-order valence-electron chi connectivity index (χ2n) is 4.35. The number of phenolic OH excluding ortho intramolecular Hbond substituents is 2. The van der Waals surface area contributed by atoms with E-state index < -0.39 is 0 Å². The van der Waals surface area contributed by atoms with E-state index in [0.29, 0.717) is 5.56 Å². The minimum absolute atomic E-state index is 0.0168. The van der Waals surface area contributed by atoms with Crippen molar-refractivity contribution < 1.29 is 10.2 Å². The molecule has 0 saturated carbocycles. The zero-order chi connectivity index (χ0) is 13.1. The first-order valence-corrected chi connectivity index (χ1v) is 5.69. The molecule has 0 saturated heterocycles. The number of aromatic hydroxyl groups is 2. The molecular formula is C15H15NO2. The van der Waals surface area contributed by atoms with Crippen molar-refractivity contribution in [3.63, 3.8) is 0 Å². The molecule has 0 radical (unpaired) electrons. The molecule has 0 spiro atoms. The lowest BCUT2D eigenvalue weighted by Crippen LogP contribution is -1.82. The third-order valence-corrected chi connectivity index (χ3v) is 2.57. The maximum absolute atomic E-state index is 9.63. The highest BCUT2D eigenvalue weighted by atomic mass is 16.3. The summed E-state index contributed by atoms with van der Waals surface area (Å²) in [6.07, 6.45) is 1.59. The second-order valence-corrected chi connectivity index (χ2v) is 4.35. The second kappa shape index (κ2) is 4.92. The monoisotopic (exact) mass is 241 g/mol. The van der Waals surface area contributed by atoms with E-state index in [1.54, 1.807) is 12.3 Å². The zero-order valence-electron chi connectivity index (χ0n) is 10.4.